The maximum absolute atomic E-state index is 13.8. The summed E-state index contributed by atoms with van der Waals surface area (Å²) in [6.45, 7) is 2.04. The largest absolute Gasteiger partial charge is 0.488 e. The Morgan fingerprint density at radius 2 is 2.04 bits per heavy atom. The number of benzene rings is 1. The summed E-state index contributed by atoms with van der Waals surface area (Å²) in [6.07, 6.45) is 7.35. The van der Waals surface area contributed by atoms with Crippen molar-refractivity contribution in [2.24, 2.45) is 0 Å². The minimum Gasteiger partial charge on any atom is -0.488 e. The lowest BCUT2D eigenvalue weighted by Gasteiger charge is -2.24. The number of aromatic nitrogens is 2. The summed E-state index contributed by atoms with van der Waals surface area (Å²) in [7, 11) is 0. The lowest BCUT2D eigenvalue weighted by Crippen LogP contribution is -2.20. The van der Waals surface area contributed by atoms with Gasteiger partial charge in [0, 0.05) is 6.07 Å². The van der Waals surface area contributed by atoms with Gasteiger partial charge in [-0.3, -0.25) is 0 Å². The average Bonchev–Trinajstić information content (AvgIpc) is 3.00. The van der Waals surface area contributed by atoms with Gasteiger partial charge in [-0.15, -0.1) is 11.3 Å². The molecule has 3 aromatic rings. The fourth-order valence-corrected chi connectivity index (χ4v) is 4.19. The summed E-state index contributed by atoms with van der Waals surface area (Å²) in [5.41, 5.74) is 1.86. The zero-order valence-corrected chi connectivity index (χ0v) is 14.9. The van der Waals surface area contributed by atoms with Gasteiger partial charge in [0.05, 0.1) is 17.2 Å². The molecule has 6 heteroatoms. The number of nitrogens with one attached hydrogen (secondary N) is 1. The molecule has 0 atom stereocenters. The third-order valence-corrected chi connectivity index (χ3v) is 5.60. The molecular formula is C19H20FN3OS. The van der Waals surface area contributed by atoms with E-state index in [2.05, 4.69) is 20.7 Å². The van der Waals surface area contributed by atoms with Crippen molar-refractivity contribution in [1.29, 1.82) is 0 Å². The molecule has 25 heavy (non-hydrogen) atoms. The lowest BCUT2D eigenvalue weighted by molar-refractivity contribution is 0.155. The third-order valence-electron chi connectivity index (χ3n) is 4.60. The van der Waals surface area contributed by atoms with Crippen LogP contribution in [0.4, 0.5) is 15.9 Å². The maximum Gasteiger partial charge on any atom is 0.146 e. The van der Waals surface area contributed by atoms with Crippen molar-refractivity contribution in [1.82, 2.24) is 9.97 Å². The molecule has 0 unspecified atom stereocenters. The van der Waals surface area contributed by atoms with Gasteiger partial charge in [-0.2, -0.15) is 0 Å². The second-order valence-electron chi connectivity index (χ2n) is 6.46. The summed E-state index contributed by atoms with van der Waals surface area (Å²) in [6, 6.07) is 4.61. The normalized spacial score (nSPS) is 15.4. The minimum absolute atomic E-state index is 0.157. The molecule has 1 fully saturated rings. The van der Waals surface area contributed by atoms with E-state index in [4.69, 9.17) is 4.74 Å². The van der Waals surface area contributed by atoms with E-state index in [1.165, 1.54) is 31.4 Å². The molecule has 0 amide bonds. The molecule has 0 radical (unpaired) electrons. The molecule has 2 heterocycles. The summed E-state index contributed by atoms with van der Waals surface area (Å²) < 4.78 is 19.9. The topological polar surface area (TPSA) is 47.0 Å². The fourth-order valence-electron chi connectivity index (χ4n) is 3.30. The first-order valence-corrected chi connectivity index (χ1v) is 9.51. The zero-order valence-electron chi connectivity index (χ0n) is 14.1. The van der Waals surface area contributed by atoms with Crippen molar-refractivity contribution >= 4 is 33.1 Å². The van der Waals surface area contributed by atoms with Gasteiger partial charge in [0.15, 0.2) is 0 Å². The van der Waals surface area contributed by atoms with E-state index in [0.29, 0.717) is 5.75 Å². The Kier molecular flexibility index (Phi) is 4.53. The highest BCUT2D eigenvalue weighted by molar-refractivity contribution is 7.17. The molecule has 0 spiro atoms. The van der Waals surface area contributed by atoms with E-state index in [-0.39, 0.29) is 11.9 Å². The molecule has 0 aliphatic heterocycles. The first-order valence-electron chi connectivity index (χ1n) is 8.63. The number of nitrogens with zero attached hydrogens (tertiary/aromatic N) is 2. The van der Waals surface area contributed by atoms with E-state index in [9.17, 15) is 4.39 Å². The molecule has 1 aliphatic carbocycles. The summed E-state index contributed by atoms with van der Waals surface area (Å²) in [5, 5.41) is 6.39. The molecule has 4 rings (SSSR count). The summed E-state index contributed by atoms with van der Waals surface area (Å²) >= 11 is 1.59. The SMILES string of the molecule is Cc1csc2ncnc(Nc3ccc(F)cc3OC3CCCCC3)c12. The highest BCUT2D eigenvalue weighted by Gasteiger charge is 2.18. The number of ether oxygens (including phenoxy) is 1. The van der Waals surface area contributed by atoms with Crippen LogP contribution in [0.3, 0.4) is 0 Å². The van der Waals surface area contributed by atoms with Gasteiger partial charge in [0.2, 0.25) is 0 Å². The van der Waals surface area contributed by atoms with Crippen LogP contribution in [0.25, 0.3) is 10.2 Å². The third kappa shape index (κ3) is 3.44. The van der Waals surface area contributed by atoms with Crippen LogP contribution >= 0.6 is 11.3 Å². The van der Waals surface area contributed by atoms with E-state index < -0.39 is 0 Å². The van der Waals surface area contributed by atoms with Crippen molar-refractivity contribution in [3.63, 3.8) is 0 Å². The Morgan fingerprint density at radius 3 is 2.88 bits per heavy atom. The second-order valence-corrected chi connectivity index (χ2v) is 7.32. The highest BCUT2D eigenvalue weighted by Crippen LogP contribution is 2.35. The van der Waals surface area contributed by atoms with Crippen LogP contribution in [0.15, 0.2) is 29.9 Å². The molecule has 4 nitrogen and oxygen atoms in total. The van der Waals surface area contributed by atoms with E-state index in [1.54, 1.807) is 23.7 Å². The van der Waals surface area contributed by atoms with Crippen LogP contribution in [0.2, 0.25) is 0 Å². The van der Waals surface area contributed by atoms with Crippen LogP contribution in [0.5, 0.6) is 5.75 Å². The second kappa shape index (κ2) is 6.96. The van der Waals surface area contributed by atoms with Gasteiger partial charge in [-0.05, 0) is 55.7 Å². The number of hydrogen-bond acceptors (Lipinski definition) is 5. The molecule has 1 aromatic carbocycles. The zero-order chi connectivity index (χ0) is 17.2. The first kappa shape index (κ1) is 16.3. The van der Waals surface area contributed by atoms with Crippen molar-refractivity contribution in [2.75, 3.05) is 5.32 Å². The van der Waals surface area contributed by atoms with Gasteiger partial charge in [0.1, 0.15) is 28.5 Å². The van der Waals surface area contributed by atoms with Gasteiger partial charge in [-0.25, -0.2) is 14.4 Å². The Balaban J connectivity index is 1.66. The number of halogens is 1. The smallest absolute Gasteiger partial charge is 0.146 e. The Labute approximate surface area is 150 Å². The number of hydrogen-bond donors (Lipinski definition) is 1. The number of thiophene rings is 1. The highest BCUT2D eigenvalue weighted by atomic mass is 32.1. The quantitative estimate of drug-likeness (QED) is 0.661. The van der Waals surface area contributed by atoms with Crippen LogP contribution < -0.4 is 10.1 Å². The van der Waals surface area contributed by atoms with Crippen LogP contribution in [-0.2, 0) is 0 Å². The van der Waals surface area contributed by atoms with E-state index in [1.807, 2.05) is 6.92 Å². The molecule has 130 valence electrons. The molecule has 1 aliphatic rings. The fraction of sp³-hybridized carbons (Fsp3) is 0.368. The van der Waals surface area contributed by atoms with Crippen LogP contribution in [-0.4, -0.2) is 16.1 Å². The summed E-state index contributed by atoms with van der Waals surface area (Å²) in [5.74, 6) is 0.978. The van der Waals surface area contributed by atoms with E-state index >= 15 is 0 Å². The van der Waals surface area contributed by atoms with Gasteiger partial charge in [0.25, 0.3) is 0 Å². The predicted octanol–water partition coefficient (Wildman–Crippen LogP) is 5.59. The van der Waals surface area contributed by atoms with E-state index in [0.717, 1.165) is 40.1 Å². The van der Waals surface area contributed by atoms with Crippen LogP contribution in [0, 0.1) is 12.7 Å². The Morgan fingerprint density at radius 1 is 1.20 bits per heavy atom. The Bertz CT molecular complexity index is 890. The molecule has 0 bridgehead atoms. The average molecular weight is 357 g/mol. The molecule has 2 aromatic heterocycles. The molecule has 0 saturated heterocycles. The number of fused-ring (bicyclic) bond motifs is 1. The van der Waals surface area contributed by atoms with Crippen LogP contribution in [0.1, 0.15) is 37.7 Å². The molecule has 1 saturated carbocycles. The van der Waals surface area contributed by atoms with Crippen molar-refractivity contribution in [3.05, 3.63) is 41.3 Å². The summed E-state index contributed by atoms with van der Waals surface area (Å²) in [4.78, 5) is 9.63. The molecule has 1 N–H and O–H groups in total. The first-order chi connectivity index (χ1) is 12.2. The number of rotatable bonds is 4. The van der Waals surface area contributed by atoms with Crippen molar-refractivity contribution in [3.8, 4) is 5.75 Å². The van der Waals surface area contributed by atoms with Gasteiger partial charge in [-0.1, -0.05) is 6.42 Å². The van der Waals surface area contributed by atoms with Crippen molar-refractivity contribution in [2.45, 2.75) is 45.1 Å². The van der Waals surface area contributed by atoms with Gasteiger partial charge < -0.3 is 10.1 Å². The maximum atomic E-state index is 13.8. The monoisotopic (exact) mass is 357 g/mol. The molecular weight excluding hydrogens is 337 g/mol. The predicted molar refractivity (Wildman–Crippen MR) is 99.3 cm³/mol. The number of anilines is 2. The lowest BCUT2D eigenvalue weighted by atomic mass is 9.98. The minimum atomic E-state index is -0.295. The standard InChI is InChI=1S/C19H20FN3OS/c1-12-10-25-19-17(12)18(21-11-22-19)23-15-8-7-13(20)9-16(15)24-14-5-3-2-4-6-14/h7-11,14H,2-6H2,1H3,(H,21,22,23). The Hall–Kier alpha value is -2.21. The number of aryl methyl sites for hydroxylation is 1. The van der Waals surface area contributed by atoms with Crippen molar-refractivity contribution < 1.29 is 9.13 Å². The van der Waals surface area contributed by atoms with Gasteiger partial charge >= 0.3 is 0 Å².